The number of nitrogens with zero attached hydrogens (tertiary/aromatic N) is 3. The molecule has 1 aliphatic heterocycles. The second-order valence-electron chi connectivity index (χ2n) is 8.11. The number of benzene rings is 1. The van der Waals surface area contributed by atoms with Gasteiger partial charge in [-0.2, -0.15) is 5.10 Å². The number of aryl methyl sites for hydroxylation is 1. The van der Waals surface area contributed by atoms with Gasteiger partial charge in [0.15, 0.2) is 15.5 Å². The zero-order valence-electron chi connectivity index (χ0n) is 17.8. The molecule has 170 valence electrons. The monoisotopic (exact) mass is 484 g/mol. The molecule has 5 rings (SSSR count). The van der Waals surface area contributed by atoms with Crippen LogP contribution >= 0.6 is 11.3 Å². The molecule has 4 aromatic rings. The molecule has 0 unspecified atom stereocenters. The van der Waals surface area contributed by atoms with Crippen molar-refractivity contribution in [2.24, 2.45) is 0 Å². The molecule has 1 atom stereocenters. The van der Waals surface area contributed by atoms with Crippen LogP contribution in [0.15, 0.2) is 47.8 Å². The minimum atomic E-state index is -3.14. The first-order valence-corrected chi connectivity index (χ1v) is 13.2. The Hall–Kier alpha value is -3.11. The van der Waals surface area contributed by atoms with Crippen LogP contribution in [0.3, 0.4) is 0 Å². The number of aromatic nitrogens is 3. The highest BCUT2D eigenvalue weighted by Gasteiger charge is 2.32. The Morgan fingerprint density at radius 3 is 2.73 bits per heavy atom. The van der Waals surface area contributed by atoms with Crippen LogP contribution in [0.1, 0.15) is 33.4 Å². The summed E-state index contributed by atoms with van der Waals surface area (Å²) in [5.41, 5.74) is 2.60. The normalized spacial score (nSPS) is 17.5. The molecule has 33 heavy (non-hydrogen) atoms. The summed E-state index contributed by atoms with van der Waals surface area (Å²) in [5.74, 6) is -0.554. The number of amides is 1. The van der Waals surface area contributed by atoms with E-state index in [0.717, 1.165) is 4.88 Å². The first-order valence-electron chi connectivity index (χ1n) is 10.5. The van der Waals surface area contributed by atoms with Crippen LogP contribution in [0, 0.1) is 12.7 Å². The Labute approximate surface area is 194 Å². The van der Waals surface area contributed by atoms with Crippen molar-refractivity contribution in [2.45, 2.75) is 25.9 Å². The lowest BCUT2D eigenvalue weighted by Crippen LogP contribution is -2.23. The van der Waals surface area contributed by atoms with Crippen LogP contribution in [-0.4, -0.2) is 40.6 Å². The van der Waals surface area contributed by atoms with Gasteiger partial charge in [-0.15, -0.1) is 11.3 Å². The highest BCUT2D eigenvalue weighted by Crippen LogP contribution is 2.32. The number of fused-ring (bicyclic) bond motifs is 1. The van der Waals surface area contributed by atoms with Gasteiger partial charge in [-0.3, -0.25) is 4.79 Å². The van der Waals surface area contributed by atoms with Crippen molar-refractivity contribution in [3.05, 3.63) is 69.8 Å². The van der Waals surface area contributed by atoms with Crippen LogP contribution in [0.25, 0.3) is 22.3 Å². The fraction of sp³-hybridized carbons (Fsp3) is 0.261. The fourth-order valence-electron chi connectivity index (χ4n) is 4.16. The van der Waals surface area contributed by atoms with E-state index in [1.165, 1.54) is 12.1 Å². The average molecular weight is 485 g/mol. The van der Waals surface area contributed by atoms with E-state index < -0.39 is 9.84 Å². The van der Waals surface area contributed by atoms with Crippen molar-refractivity contribution >= 4 is 38.1 Å². The van der Waals surface area contributed by atoms with E-state index in [4.69, 9.17) is 4.98 Å². The summed E-state index contributed by atoms with van der Waals surface area (Å²) in [6, 6.07) is 11.1. The van der Waals surface area contributed by atoms with Crippen molar-refractivity contribution < 1.29 is 17.6 Å². The lowest BCUT2D eigenvalue weighted by atomic mass is 10.0. The highest BCUT2D eigenvalue weighted by atomic mass is 32.2. The van der Waals surface area contributed by atoms with E-state index in [1.807, 2.05) is 17.5 Å². The SMILES string of the molecule is Cc1nn([C@H]2CCS(=O)(=O)C2)c2nc(-c3ccc(F)cc3)cc(C(=O)NCc3cccs3)c12. The summed E-state index contributed by atoms with van der Waals surface area (Å²) < 4.78 is 39.3. The smallest absolute Gasteiger partial charge is 0.252 e. The van der Waals surface area contributed by atoms with Gasteiger partial charge in [0.2, 0.25) is 0 Å². The maximum atomic E-state index is 13.5. The lowest BCUT2D eigenvalue weighted by Gasteiger charge is -2.12. The van der Waals surface area contributed by atoms with Gasteiger partial charge in [0, 0.05) is 10.4 Å². The molecule has 4 heterocycles. The molecule has 0 aliphatic carbocycles. The summed E-state index contributed by atoms with van der Waals surface area (Å²) in [4.78, 5) is 19.0. The van der Waals surface area contributed by atoms with Gasteiger partial charge < -0.3 is 5.32 Å². The molecular formula is C23H21FN4O3S2. The van der Waals surface area contributed by atoms with Gasteiger partial charge in [-0.05, 0) is 55.1 Å². The standard InChI is InChI=1S/C23H21FN4O3S2/c1-14-21-19(23(29)25-12-18-3-2-9-32-18)11-20(15-4-6-16(24)7-5-15)26-22(21)28(27-14)17-8-10-33(30,31)13-17/h2-7,9,11,17H,8,10,12-13H2,1H3,(H,25,29)/t17-/m0/s1. The van der Waals surface area contributed by atoms with Gasteiger partial charge in [-0.25, -0.2) is 22.5 Å². The number of hydrogen-bond acceptors (Lipinski definition) is 6. The second-order valence-corrected chi connectivity index (χ2v) is 11.4. The van der Waals surface area contributed by atoms with E-state index in [-0.39, 0.29) is 29.3 Å². The van der Waals surface area contributed by atoms with Gasteiger partial charge in [0.25, 0.3) is 5.91 Å². The van der Waals surface area contributed by atoms with Crippen LogP contribution in [0.5, 0.6) is 0 Å². The molecule has 1 aromatic carbocycles. The molecule has 10 heteroatoms. The van der Waals surface area contributed by atoms with Crippen molar-refractivity contribution in [2.75, 3.05) is 11.5 Å². The largest absolute Gasteiger partial charge is 0.347 e. The van der Waals surface area contributed by atoms with Crippen LogP contribution < -0.4 is 5.32 Å². The fourth-order valence-corrected chi connectivity index (χ4v) is 6.50. The predicted molar refractivity (Wildman–Crippen MR) is 125 cm³/mol. The Morgan fingerprint density at radius 1 is 1.27 bits per heavy atom. The Kier molecular flexibility index (Phi) is 5.49. The van der Waals surface area contributed by atoms with Gasteiger partial charge in [0.1, 0.15) is 5.82 Å². The van der Waals surface area contributed by atoms with Gasteiger partial charge >= 0.3 is 0 Å². The van der Waals surface area contributed by atoms with Gasteiger partial charge in [0.05, 0.1) is 46.4 Å². The van der Waals surface area contributed by atoms with E-state index in [9.17, 15) is 17.6 Å². The van der Waals surface area contributed by atoms with Crippen molar-refractivity contribution in [1.82, 2.24) is 20.1 Å². The van der Waals surface area contributed by atoms with Crippen molar-refractivity contribution in [1.29, 1.82) is 0 Å². The molecule has 1 N–H and O–H groups in total. The summed E-state index contributed by atoms with van der Waals surface area (Å²) >= 11 is 1.55. The molecule has 1 saturated heterocycles. The Morgan fingerprint density at radius 2 is 2.06 bits per heavy atom. The van der Waals surface area contributed by atoms with Gasteiger partial charge in [-0.1, -0.05) is 6.07 Å². The molecule has 3 aromatic heterocycles. The number of nitrogens with one attached hydrogen (secondary N) is 1. The molecule has 1 aliphatic rings. The minimum absolute atomic E-state index is 0.00835. The third kappa shape index (κ3) is 4.28. The van der Waals surface area contributed by atoms with Crippen LogP contribution in [-0.2, 0) is 16.4 Å². The quantitative estimate of drug-likeness (QED) is 0.464. The zero-order valence-corrected chi connectivity index (χ0v) is 19.4. The third-order valence-electron chi connectivity index (χ3n) is 5.78. The number of carbonyl (C=O) groups excluding carboxylic acids is 1. The maximum absolute atomic E-state index is 13.5. The predicted octanol–water partition coefficient (Wildman–Crippen LogP) is 3.90. The summed E-state index contributed by atoms with van der Waals surface area (Å²) in [7, 11) is -3.14. The van der Waals surface area contributed by atoms with Crippen LogP contribution in [0.4, 0.5) is 4.39 Å². The van der Waals surface area contributed by atoms with Crippen LogP contribution in [0.2, 0.25) is 0 Å². The van der Waals surface area contributed by atoms with E-state index >= 15 is 0 Å². The zero-order chi connectivity index (χ0) is 23.2. The number of pyridine rings is 1. The summed E-state index contributed by atoms with van der Waals surface area (Å²) in [5, 5.41) is 10.1. The number of sulfone groups is 1. The first kappa shape index (κ1) is 21.7. The second kappa shape index (κ2) is 8.35. The van der Waals surface area contributed by atoms with Crippen molar-refractivity contribution in [3.8, 4) is 11.3 Å². The molecule has 1 amide bonds. The van der Waals surface area contributed by atoms with E-state index in [0.29, 0.717) is 46.5 Å². The molecule has 1 fully saturated rings. The minimum Gasteiger partial charge on any atom is -0.347 e. The lowest BCUT2D eigenvalue weighted by molar-refractivity contribution is 0.0953. The van der Waals surface area contributed by atoms with E-state index in [1.54, 1.807) is 41.1 Å². The third-order valence-corrected chi connectivity index (χ3v) is 8.41. The number of thiophene rings is 1. The highest BCUT2D eigenvalue weighted by molar-refractivity contribution is 7.91. The Balaban J connectivity index is 1.63. The number of rotatable bonds is 5. The number of carbonyl (C=O) groups is 1. The first-order chi connectivity index (χ1) is 15.8. The van der Waals surface area contributed by atoms with Crippen molar-refractivity contribution in [3.63, 3.8) is 0 Å². The summed E-state index contributed by atoms with van der Waals surface area (Å²) in [6.07, 6.45) is 0.445. The maximum Gasteiger partial charge on any atom is 0.252 e. The molecular weight excluding hydrogens is 463 g/mol. The molecule has 0 saturated carbocycles. The molecule has 0 spiro atoms. The van der Waals surface area contributed by atoms with E-state index in [2.05, 4.69) is 10.4 Å². The number of halogens is 1. The summed E-state index contributed by atoms with van der Waals surface area (Å²) in [6.45, 7) is 2.18. The Bertz CT molecular complexity index is 1450. The molecule has 7 nitrogen and oxygen atoms in total. The molecule has 0 radical (unpaired) electrons. The average Bonchev–Trinajstić information content (AvgIpc) is 3.51. The number of hydrogen-bond donors (Lipinski definition) is 1. The molecule has 0 bridgehead atoms. The topological polar surface area (TPSA) is 93.9 Å².